The molecule has 0 aliphatic carbocycles. The molecule has 1 N–H and O–H groups in total. The summed E-state index contributed by atoms with van der Waals surface area (Å²) in [4.78, 5) is 18.4. The molecule has 1 aliphatic heterocycles. The molecule has 1 amide bonds. The number of hydrogen-bond donors (Lipinski definition) is 1. The monoisotopic (exact) mass is 326 g/mol. The zero-order valence-corrected chi connectivity index (χ0v) is 13.1. The molecule has 0 bridgehead atoms. The van der Waals surface area contributed by atoms with Crippen LogP contribution in [0.2, 0.25) is 5.02 Å². The average Bonchev–Trinajstić information content (AvgIpc) is 3.05. The lowest BCUT2D eigenvalue weighted by molar-refractivity contribution is -0.119. The zero-order valence-electron chi connectivity index (χ0n) is 12.4. The van der Waals surface area contributed by atoms with E-state index in [2.05, 4.69) is 15.2 Å². The lowest BCUT2D eigenvalue weighted by atomic mass is 10.1. The van der Waals surface area contributed by atoms with Gasteiger partial charge in [-0.3, -0.25) is 9.78 Å². The number of halogens is 1. The van der Waals surface area contributed by atoms with Gasteiger partial charge in [0.2, 0.25) is 5.91 Å². The highest BCUT2D eigenvalue weighted by atomic mass is 35.5. The summed E-state index contributed by atoms with van der Waals surface area (Å²) in [6.45, 7) is 1.39. The van der Waals surface area contributed by atoms with Crippen LogP contribution in [0, 0.1) is 17.2 Å². The Morgan fingerprint density at radius 1 is 1.39 bits per heavy atom. The van der Waals surface area contributed by atoms with Gasteiger partial charge in [0.25, 0.3) is 0 Å². The number of para-hydroxylation sites is 1. The summed E-state index contributed by atoms with van der Waals surface area (Å²) in [6.07, 6.45) is 3.76. The van der Waals surface area contributed by atoms with Gasteiger partial charge in [-0.25, -0.2) is 0 Å². The minimum Gasteiger partial charge on any atom is -0.370 e. The van der Waals surface area contributed by atoms with Gasteiger partial charge in [-0.2, -0.15) is 5.26 Å². The Bertz CT molecular complexity index is 771. The van der Waals surface area contributed by atoms with Gasteiger partial charge in [-0.15, -0.1) is 0 Å². The first kappa shape index (κ1) is 15.3. The molecule has 1 aliphatic rings. The Labute approximate surface area is 139 Å². The van der Waals surface area contributed by atoms with E-state index in [1.54, 1.807) is 12.3 Å². The fraction of sp³-hybridized carbons (Fsp3) is 0.235. The van der Waals surface area contributed by atoms with Gasteiger partial charge in [-0.05, 0) is 24.6 Å². The second-order valence-electron chi connectivity index (χ2n) is 5.41. The molecule has 5 nitrogen and oxygen atoms in total. The average molecular weight is 327 g/mol. The fourth-order valence-corrected chi connectivity index (χ4v) is 2.98. The molecule has 0 spiro atoms. The van der Waals surface area contributed by atoms with Crippen molar-refractivity contribution in [2.45, 2.75) is 6.42 Å². The van der Waals surface area contributed by atoms with Gasteiger partial charge < -0.3 is 10.2 Å². The molecule has 2 heterocycles. The van der Waals surface area contributed by atoms with E-state index in [1.807, 2.05) is 30.3 Å². The second-order valence-corrected chi connectivity index (χ2v) is 5.81. The van der Waals surface area contributed by atoms with E-state index >= 15 is 0 Å². The first-order valence-corrected chi connectivity index (χ1v) is 7.71. The summed E-state index contributed by atoms with van der Waals surface area (Å²) >= 11 is 6.22. The van der Waals surface area contributed by atoms with Crippen LogP contribution in [-0.2, 0) is 4.79 Å². The van der Waals surface area contributed by atoms with Crippen molar-refractivity contribution in [1.29, 1.82) is 5.26 Å². The summed E-state index contributed by atoms with van der Waals surface area (Å²) in [5, 5.41) is 12.6. The number of nitrogens with one attached hydrogen (secondary N) is 1. The Morgan fingerprint density at radius 3 is 3.00 bits per heavy atom. The maximum absolute atomic E-state index is 12.4. The maximum Gasteiger partial charge on any atom is 0.229 e. The highest BCUT2D eigenvalue weighted by molar-refractivity contribution is 6.33. The Morgan fingerprint density at radius 2 is 2.22 bits per heavy atom. The van der Waals surface area contributed by atoms with Crippen molar-refractivity contribution < 1.29 is 4.79 Å². The maximum atomic E-state index is 12.4. The first-order valence-electron chi connectivity index (χ1n) is 7.33. The van der Waals surface area contributed by atoms with Crippen molar-refractivity contribution in [1.82, 2.24) is 4.98 Å². The lowest BCUT2D eigenvalue weighted by Crippen LogP contribution is -2.27. The van der Waals surface area contributed by atoms with Crippen LogP contribution in [0.1, 0.15) is 12.0 Å². The van der Waals surface area contributed by atoms with Crippen molar-refractivity contribution in [3.8, 4) is 6.07 Å². The molecule has 6 heteroatoms. The lowest BCUT2D eigenvalue weighted by Gasteiger charge is -2.19. The van der Waals surface area contributed by atoms with Gasteiger partial charge in [0.15, 0.2) is 0 Å². The van der Waals surface area contributed by atoms with Gasteiger partial charge in [-0.1, -0.05) is 23.7 Å². The minimum atomic E-state index is -0.133. The number of nitriles is 1. The molecule has 1 saturated heterocycles. The zero-order chi connectivity index (χ0) is 16.2. The molecule has 1 fully saturated rings. The normalized spacial score (nSPS) is 16.9. The van der Waals surface area contributed by atoms with Crippen LogP contribution < -0.4 is 10.2 Å². The number of aromatic nitrogens is 1. The van der Waals surface area contributed by atoms with Crippen LogP contribution in [-0.4, -0.2) is 24.0 Å². The van der Waals surface area contributed by atoms with E-state index in [9.17, 15) is 4.79 Å². The molecule has 116 valence electrons. The number of anilines is 2. The molecule has 1 atom stereocenters. The summed E-state index contributed by atoms with van der Waals surface area (Å²) in [6, 6.07) is 11.3. The van der Waals surface area contributed by atoms with Crippen LogP contribution in [0.25, 0.3) is 0 Å². The number of nitrogens with zero attached hydrogens (tertiary/aromatic N) is 3. The van der Waals surface area contributed by atoms with E-state index in [0.717, 1.165) is 18.7 Å². The Hall–Kier alpha value is -2.58. The number of pyridine rings is 1. The third-order valence-corrected chi connectivity index (χ3v) is 4.27. The van der Waals surface area contributed by atoms with E-state index in [-0.39, 0.29) is 11.8 Å². The van der Waals surface area contributed by atoms with Crippen LogP contribution in [0.15, 0.2) is 42.7 Å². The van der Waals surface area contributed by atoms with E-state index in [1.165, 1.54) is 6.20 Å². The summed E-state index contributed by atoms with van der Waals surface area (Å²) in [5.41, 5.74) is 1.82. The van der Waals surface area contributed by atoms with Crippen molar-refractivity contribution in [2.24, 2.45) is 5.92 Å². The number of carbonyl (C=O) groups is 1. The molecular formula is C17H15ClN4O. The number of carbonyl (C=O) groups excluding carboxylic acids is 1. The van der Waals surface area contributed by atoms with Crippen LogP contribution >= 0.6 is 11.6 Å². The number of amides is 1. The van der Waals surface area contributed by atoms with E-state index < -0.39 is 0 Å². The summed E-state index contributed by atoms with van der Waals surface area (Å²) in [5.74, 6) is -0.215. The van der Waals surface area contributed by atoms with Crippen molar-refractivity contribution in [3.05, 3.63) is 53.3 Å². The second kappa shape index (κ2) is 6.67. The van der Waals surface area contributed by atoms with Gasteiger partial charge in [0.05, 0.1) is 27.9 Å². The third kappa shape index (κ3) is 3.27. The number of hydrogen-bond acceptors (Lipinski definition) is 4. The largest absolute Gasteiger partial charge is 0.370 e. The van der Waals surface area contributed by atoms with Crippen molar-refractivity contribution in [3.63, 3.8) is 0 Å². The van der Waals surface area contributed by atoms with E-state index in [0.29, 0.717) is 22.8 Å². The van der Waals surface area contributed by atoms with Crippen LogP contribution in [0.4, 0.5) is 11.4 Å². The molecule has 0 saturated carbocycles. The molecule has 23 heavy (non-hydrogen) atoms. The fourth-order valence-electron chi connectivity index (χ4n) is 2.73. The van der Waals surface area contributed by atoms with E-state index in [4.69, 9.17) is 16.9 Å². The molecule has 0 unspecified atom stereocenters. The van der Waals surface area contributed by atoms with Crippen molar-refractivity contribution in [2.75, 3.05) is 23.3 Å². The number of rotatable bonds is 3. The summed E-state index contributed by atoms with van der Waals surface area (Å²) < 4.78 is 0. The smallest absolute Gasteiger partial charge is 0.229 e. The standard InChI is InChI=1S/C17H15ClN4O/c18-14-3-1-2-4-16(14)22-8-6-12(11-22)17(23)21-15-5-7-20-10-13(15)9-19/h1-5,7,10,12H,6,8,11H2,(H,20,21,23)/t12-/m0/s1. The first-order chi connectivity index (χ1) is 11.2. The third-order valence-electron chi connectivity index (χ3n) is 3.95. The molecule has 0 radical (unpaired) electrons. The Kier molecular flexibility index (Phi) is 4.45. The predicted octanol–water partition coefficient (Wildman–Crippen LogP) is 3.07. The van der Waals surface area contributed by atoms with Crippen molar-refractivity contribution >= 4 is 28.9 Å². The van der Waals surface area contributed by atoms with Crippen LogP contribution in [0.3, 0.4) is 0 Å². The molecule has 3 rings (SSSR count). The molecule has 1 aromatic carbocycles. The highest BCUT2D eigenvalue weighted by Crippen LogP contribution is 2.30. The SMILES string of the molecule is N#Cc1cnccc1NC(=O)[C@H]1CCN(c2ccccc2Cl)C1. The summed E-state index contributed by atoms with van der Waals surface area (Å²) in [7, 11) is 0. The molecule has 2 aromatic rings. The van der Waals surface area contributed by atoms with Gasteiger partial charge in [0, 0.05) is 25.5 Å². The Balaban J connectivity index is 1.69. The minimum absolute atomic E-state index is 0.0812. The number of benzene rings is 1. The quantitative estimate of drug-likeness (QED) is 0.941. The van der Waals surface area contributed by atoms with Gasteiger partial charge in [0.1, 0.15) is 6.07 Å². The van der Waals surface area contributed by atoms with Crippen LogP contribution in [0.5, 0.6) is 0 Å². The predicted molar refractivity (Wildman–Crippen MR) is 89.4 cm³/mol. The molecule has 1 aromatic heterocycles. The topological polar surface area (TPSA) is 69.0 Å². The highest BCUT2D eigenvalue weighted by Gasteiger charge is 2.29. The molecular weight excluding hydrogens is 312 g/mol. The van der Waals surface area contributed by atoms with Gasteiger partial charge >= 0.3 is 0 Å².